The Morgan fingerprint density at radius 1 is 1.24 bits per heavy atom. The van der Waals surface area contributed by atoms with Crippen molar-refractivity contribution < 1.29 is 10.2 Å². The first kappa shape index (κ1) is 11.9. The van der Waals surface area contributed by atoms with Gasteiger partial charge in [0.15, 0.2) is 0 Å². The van der Waals surface area contributed by atoms with Crippen LogP contribution in [0, 0.1) is 0 Å². The predicted molar refractivity (Wildman–Crippen MR) is 69.0 cm³/mol. The summed E-state index contributed by atoms with van der Waals surface area (Å²) in [5.41, 5.74) is 0.310. The van der Waals surface area contributed by atoms with Crippen LogP contribution in [0.15, 0.2) is 48.6 Å². The fourth-order valence-corrected chi connectivity index (χ4v) is 2.56. The fourth-order valence-electron chi connectivity index (χ4n) is 2.56. The number of rotatable bonds is 3. The lowest BCUT2D eigenvalue weighted by Crippen LogP contribution is -2.37. The van der Waals surface area contributed by atoms with Crippen molar-refractivity contribution in [1.82, 2.24) is 0 Å². The largest absolute Gasteiger partial charge is 0.508 e. The number of phenols is 1. The van der Waals surface area contributed by atoms with Crippen LogP contribution in [0.3, 0.4) is 0 Å². The summed E-state index contributed by atoms with van der Waals surface area (Å²) in [6.07, 6.45) is 8.74. The van der Waals surface area contributed by atoms with E-state index in [-0.39, 0.29) is 5.75 Å². The Hall–Kier alpha value is -1.54. The van der Waals surface area contributed by atoms with Gasteiger partial charge in [-0.15, -0.1) is 0 Å². The van der Waals surface area contributed by atoms with Gasteiger partial charge in [0.2, 0.25) is 0 Å². The van der Waals surface area contributed by atoms with Crippen LogP contribution in [0.1, 0.15) is 25.3 Å². The number of allylic oxidation sites excluding steroid dienone is 2. The maximum atomic E-state index is 10.3. The zero-order valence-corrected chi connectivity index (χ0v) is 10.0. The summed E-state index contributed by atoms with van der Waals surface area (Å²) in [5.74, 6) is 0.250. The van der Waals surface area contributed by atoms with Gasteiger partial charge < -0.3 is 10.2 Å². The van der Waals surface area contributed by atoms with Gasteiger partial charge in [0, 0.05) is 11.0 Å². The van der Waals surface area contributed by atoms with E-state index in [9.17, 15) is 10.2 Å². The van der Waals surface area contributed by atoms with Crippen molar-refractivity contribution >= 4 is 0 Å². The second-order valence-corrected chi connectivity index (χ2v) is 4.50. The molecule has 0 radical (unpaired) electrons. The van der Waals surface area contributed by atoms with Crippen molar-refractivity contribution in [3.05, 3.63) is 54.1 Å². The minimum atomic E-state index is -0.583. The third-order valence-electron chi connectivity index (χ3n) is 3.40. The van der Waals surface area contributed by atoms with Crippen LogP contribution in [-0.4, -0.2) is 16.3 Å². The number of aromatic hydroxyl groups is 1. The summed E-state index contributed by atoms with van der Waals surface area (Å²) in [7, 11) is 0. The summed E-state index contributed by atoms with van der Waals surface area (Å²) in [6.45, 7) is 2.08. The maximum absolute atomic E-state index is 10.3. The molecule has 1 aromatic rings. The number of phenolic OH excluding ortho intramolecular Hbond substituents is 1. The first-order chi connectivity index (χ1) is 8.20. The molecule has 2 unspecified atom stereocenters. The van der Waals surface area contributed by atoms with Gasteiger partial charge in [0.05, 0.1) is 6.10 Å². The molecule has 2 heteroatoms. The van der Waals surface area contributed by atoms with Crippen molar-refractivity contribution in [3.8, 4) is 5.75 Å². The van der Waals surface area contributed by atoms with Crippen LogP contribution < -0.4 is 0 Å². The molecule has 1 aliphatic rings. The van der Waals surface area contributed by atoms with E-state index in [1.54, 1.807) is 18.2 Å². The lowest BCUT2D eigenvalue weighted by atomic mass is 9.70. The highest BCUT2D eigenvalue weighted by molar-refractivity contribution is 5.46. The van der Waals surface area contributed by atoms with Gasteiger partial charge in [-0.05, 0) is 12.5 Å². The first-order valence-electron chi connectivity index (χ1n) is 6.03. The van der Waals surface area contributed by atoms with E-state index in [0.29, 0.717) is 0 Å². The molecule has 17 heavy (non-hydrogen) atoms. The van der Waals surface area contributed by atoms with Crippen molar-refractivity contribution in [1.29, 1.82) is 0 Å². The number of para-hydroxylation sites is 1. The van der Waals surface area contributed by atoms with E-state index in [1.807, 2.05) is 30.4 Å². The van der Waals surface area contributed by atoms with Gasteiger partial charge >= 0.3 is 0 Å². The van der Waals surface area contributed by atoms with E-state index < -0.39 is 11.5 Å². The number of aliphatic hydroxyl groups is 1. The maximum Gasteiger partial charge on any atom is 0.119 e. The Kier molecular flexibility index (Phi) is 3.34. The first-order valence-corrected chi connectivity index (χ1v) is 6.03. The molecule has 90 valence electrons. The Morgan fingerprint density at radius 2 is 2.00 bits per heavy atom. The molecule has 0 aromatic heterocycles. The van der Waals surface area contributed by atoms with E-state index in [4.69, 9.17) is 0 Å². The zero-order chi connectivity index (χ0) is 12.3. The minimum absolute atomic E-state index is 0.250. The van der Waals surface area contributed by atoms with Gasteiger partial charge in [0.1, 0.15) is 5.75 Å². The molecule has 1 aliphatic carbocycles. The minimum Gasteiger partial charge on any atom is -0.508 e. The molecule has 2 N–H and O–H groups in total. The Bertz CT molecular complexity index is 448. The average molecular weight is 230 g/mol. The third-order valence-corrected chi connectivity index (χ3v) is 3.40. The van der Waals surface area contributed by atoms with Crippen molar-refractivity contribution in [2.45, 2.75) is 31.3 Å². The zero-order valence-electron chi connectivity index (χ0n) is 10.0. The average Bonchev–Trinajstić information content (AvgIpc) is 2.33. The van der Waals surface area contributed by atoms with E-state index in [0.717, 1.165) is 18.4 Å². The van der Waals surface area contributed by atoms with Gasteiger partial charge in [-0.25, -0.2) is 0 Å². The van der Waals surface area contributed by atoms with Crippen LogP contribution in [0.25, 0.3) is 0 Å². The molecule has 2 rings (SSSR count). The van der Waals surface area contributed by atoms with Gasteiger partial charge in [-0.1, -0.05) is 55.8 Å². The molecule has 0 fully saturated rings. The van der Waals surface area contributed by atoms with E-state index >= 15 is 0 Å². The monoisotopic (exact) mass is 230 g/mol. The molecule has 0 spiro atoms. The van der Waals surface area contributed by atoms with Crippen LogP contribution in [0.5, 0.6) is 5.75 Å². The highest BCUT2D eigenvalue weighted by atomic mass is 16.3. The lowest BCUT2D eigenvalue weighted by molar-refractivity contribution is 0.140. The highest BCUT2D eigenvalue weighted by Crippen LogP contribution is 2.41. The second kappa shape index (κ2) is 4.76. The van der Waals surface area contributed by atoms with Crippen LogP contribution in [0.4, 0.5) is 0 Å². The van der Waals surface area contributed by atoms with Crippen LogP contribution in [0.2, 0.25) is 0 Å². The summed E-state index contributed by atoms with van der Waals surface area (Å²) in [4.78, 5) is 0. The Balaban J connectivity index is 2.52. The summed E-state index contributed by atoms with van der Waals surface area (Å²) >= 11 is 0. The molecular weight excluding hydrogens is 212 g/mol. The van der Waals surface area contributed by atoms with Gasteiger partial charge in [0.25, 0.3) is 0 Å². The van der Waals surface area contributed by atoms with Gasteiger partial charge in [-0.2, -0.15) is 0 Å². The quantitative estimate of drug-likeness (QED) is 0.838. The van der Waals surface area contributed by atoms with E-state index in [1.165, 1.54) is 0 Å². The summed E-state index contributed by atoms with van der Waals surface area (Å²) < 4.78 is 0. The number of hydrogen-bond donors (Lipinski definition) is 2. The molecule has 2 nitrogen and oxygen atoms in total. The summed E-state index contributed by atoms with van der Waals surface area (Å²) in [6, 6.07) is 7.25. The molecular formula is C15H18O2. The second-order valence-electron chi connectivity index (χ2n) is 4.50. The van der Waals surface area contributed by atoms with Crippen LogP contribution >= 0.6 is 0 Å². The highest BCUT2D eigenvalue weighted by Gasteiger charge is 2.37. The number of aliphatic hydroxyl groups excluding tert-OH is 1. The predicted octanol–water partition coefficient (Wildman–Crippen LogP) is 2.92. The SMILES string of the molecule is CCCC1(c2ccccc2O)C=CC=CC1O. The molecule has 2 atom stereocenters. The van der Waals surface area contributed by atoms with Crippen molar-refractivity contribution in [2.75, 3.05) is 0 Å². The van der Waals surface area contributed by atoms with Crippen molar-refractivity contribution in [3.63, 3.8) is 0 Å². The van der Waals surface area contributed by atoms with E-state index in [2.05, 4.69) is 6.92 Å². The molecule has 0 saturated heterocycles. The number of hydrogen-bond acceptors (Lipinski definition) is 2. The fraction of sp³-hybridized carbons (Fsp3) is 0.333. The molecule has 0 aliphatic heterocycles. The molecule has 0 bridgehead atoms. The molecule has 0 amide bonds. The van der Waals surface area contributed by atoms with Crippen molar-refractivity contribution in [2.24, 2.45) is 0 Å². The lowest BCUT2D eigenvalue weighted by Gasteiger charge is -2.36. The third kappa shape index (κ3) is 2.01. The molecule has 1 aromatic carbocycles. The molecule has 0 saturated carbocycles. The topological polar surface area (TPSA) is 40.5 Å². The Labute approximate surface area is 102 Å². The smallest absolute Gasteiger partial charge is 0.119 e. The molecule has 0 heterocycles. The van der Waals surface area contributed by atoms with Crippen LogP contribution in [-0.2, 0) is 5.41 Å². The van der Waals surface area contributed by atoms with Gasteiger partial charge in [-0.3, -0.25) is 0 Å². The standard InChI is InChI=1S/C15H18O2/c1-2-10-15(11-6-5-9-14(15)17)12-7-3-4-8-13(12)16/h3-9,11,14,16-17H,2,10H2,1H3. The number of benzene rings is 1. The summed E-state index contributed by atoms with van der Waals surface area (Å²) in [5, 5.41) is 20.3. The Morgan fingerprint density at radius 3 is 2.65 bits per heavy atom. The normalized spacial score (nSPS) is 27.3.